The zero-order valence-electron chi connectivity index (χ0n) is 13.3. The van der Waals surface area contributed by atoms with E-state index in [4.69, 9.17) is 4.74 Å². The van der Waals surface area contributed by atoms with Gasteiger partial charge in [0.25, 0.3) is 0 Å². The fraction of sp³-hybridized carbons (Fsp3) is 0.556. The van der Waals surface area contributed by atoms with Gasteiger partial charge in [0, 0.05) is 23.0 Å². The molecule has 0 aliphatic heterocycles. The summed E-state index contributed by atoms with van der Waals surface area (Å²) in [4.78, 5) is 25.9. The molecule has 0 aromatic heterocycles. The molecule has 2 atom stereocenters. The molecule has 2 bridgehead atoms. The van der Waals surface area contributed by atoms with Crippen LogP contribution in [0.3, 0.4) is 0 Å². The van der Waals surface area contributed by atoms with E-state index in [0.29, 0.717) is 11.1 Å². The lowest BCUT2D eigenvalue weighted by Crippen LogP contribution is -2.33. The van der Waals surface area contributed by atoms with Crippen molar-refractivity contribution in [2.45, 2.75) is 47.1 Å². The number of hydrogen-bond acceptors (Lipinski definition) is 3. The minimum atomic E-state index is -0.402. The zero-order valence-corrected chi connectivity index (χ0v) is 13.3. The molecule has 3 rings (SSSR count). The van der Waals surface area contributed by atoms with E-state index in [1.165, 1.54) is 0 Å². The molecule has 0 radical (unpaired) electrons. The average Bonchev–Trinajstić information content (AvgIpc) is 2.93. The van der Waals surface area contributed by atoms with Crippen LogP contribution in [0, 0.1) is 17.3 Å². The maximum atomic E-state index is 13.0. The number of ether oxygens (including phenoxy) is 1. The van der Waals surface area contributed by atoms with Gasteiger partial charge in [-0.1, -0.05) is 32.9 Å². The smallest absolute Gasteiger partial charge is 0.225 e. The lowest BCUT2D eigenvalue weighted by Gasteiger charge is -2.31. The third kappa shape index (κ3) is 2.02. The summed E-state index contributed by atoms with van der Waals surface area (Å²) in [6.45, 7) is 9.66. The Morgan fingerprint density at radius 1 is 1.05 bits per heavy atom. The SMILES string of the molecule is CC(C)OC1=C(C(C)(C)C)C(=O)C2=C(C1=O)C1C=CC2C1. The Balaban J connectivity index is 2.14. The molecule has 3 heteroatoms. The van der Waals surface area contributed by atoms with Gasteiger partial charge in [-0.3, -0.25) is 9.59 Å². The molecule has 3 aliphatic rings. The van der Waals surface area contributed by atoms with Crippen molar-refractivity contribution in [2.24, 2.45) is 17.3 Å². The molecule has 21 heavy (non-hydrogen) atoms. The van der Waals surface area contributed by atoms with Crippen LogP contribution in [0.4, 0.5) is 0 Å². The Morgan fingerprint density at radius 2 is 1.57 bits per heavy atom. The molecule has 0 saturated heterocycles. The number of fused-ring (bicyclic) bond motifs is 4. The topological polar surface area (TPSA) is 43.4 Å². The summed E-state index contributed by atoms with van der Waals surface area (Å²) in [5, 5.41) is 0. The van der Waals surface area contributed by atoms with Crippen molar-refractivity contribution < 1.29 is 14.3 Å². The van der Waals surface area contributed by atoms with Gasteiger partial charge in [0.15, 0.2) is 11.5 Å². The molecule has 112 valence electrons. The highest BCUT2D eigenvalue weighted by Crippen LogP contribution is 2.50. The van der Waals surface area contributed by atoms with E-state index in [2.05, 4.69) is 12.2 Å². The van der Waals surface area contributed by atoms with E-state index in [1.807, 2.05) is 34.6 Å². The van der Waals surface area contributed by atoms with Gasteiger partial charge < -0.3 is 4.74 Å². The molecule has 3 nitrogen and oxygen atoms in total. The fourth-order valence-corrected chi connectivity index (χ4v) is 3.61. The number of rotatable bonds is 2. The first-order valence-corrected chi connectivity index (χ1v) is 7.65. The molecular formula is C18H22O3. The molecule has 0 aromatic rings. The predicted octanol–water partition coefficient (Wildman–Crippen LogP) is 3.37. The standard InChI is InChI=1S/C18H22O3/c1-9(2)21-17-14(18(3,4)5)15(19)12-10-6-7-11(8-10)13(12)16(17)20/h6-7,9-11H,8H2,1-5H3. The molecule has 0 amide bonds. The fourth-order valence-electron chi connectivity index (χ4n) is 3.61. The number of ketones is 2. The van der Waals surface area contributed by atoms with Crippen molar-refractivity contribution >= 4 is 11.6 Å². The molecule has 0 aromatic carbocycles. The van der Waals surface area contributed by atoms with Gasteiger partial charge in [0.1, 0.15) is 0 Å². The van der Waals surface area contributed by atoms with E-state index < -0.39 is 5.41 Å². The average molecular weight is 286 g/mol. The molecule has 0 fully saturated rings. The summed E-state index contributed by atoms with van der Waals surface area (Å²) in [6, 6.07) is 0. The zero-order chi connectivity index (χ0) is 15.5. The predicted molar refractivity (Wildman–Crippen MR) is 80.5 cm³/mol. The second-order valence-electron chi connectivity index (χ2n) is 7.44. The number of hydrogen-bond donors (Lipinski definition) is 0. The van der Waals surface area contributed by atoms with Crippen molar-refractivity contribution in [1.82, 2.24) is 0 Å². The number of allylic oxidation sites excluding steroid dienone is 5. The monoisotopic (exact) mass is 286 g/mol. The van der Waals surface area contributed by atoms with Crippen LogP contribution in [0.2, 0.25) is 0 Å². The summed E-state index contributed by atoms with van der Waals surface area (Å²) >= 11 is 0. The lowest BCUT2D eigenvalue weighted by atomic mass is 9.73. The first-order valence-electron chi connectivity index (χ1n) is 7.65. The summed E-state index contributed by atoms with van der Waals surface area (Å²) < 4.78 is 5.78. The van der Waals surface area contributed by atoms with Gasteiger partial charge in [0.2, 0.25) is 5.78 Å². The third-order valence-corrected chi connectivity index (χ3v) is 4.37. The van der Waals surface area contributed by atoms with Gasteiger partial charge in [-0.2, -0.15) is 0 Å². The number of carbonyl (C=O) groups is 2. The largest absolute Gasteiger partial charge is 0.486 e. The molecule has 0 N–H and O–H groups in total. The molecule has 0 saturated carbocycles. The number of carbonyl (C=O) groups excluding carboxylic acids is 2. The minimum absolute atomic E-state index is 0.0181. The second-order valence-corrected chi connectivity index (χ2v) is 7.44. The van der Waals surface area contributed by atoms with E-state index >= 15 is 0 Å². The van der Waals surface area contributed by atoms with Crippen LogP contribution in [0.25, 0.3) is 0 Å². The van der Waals surface area contributed by atoms with Crippen LogP contribution in [0.5, 0.6) is 0 Å². The summed E-state index contributed by atoms with van der Waals surface area (Å²) in [5.74, 6) is 0.458. The number of Topliss-reactive ketones (excluding diaryl/α,β-unsaturated/α-hetero) is 2. The van der Waals surface area contributed by atoms with Gasteiger partial charge in [-0.25, -0.2) is 0 Å². The third-order valence-electron chi connectivity index (χ3n) is 4.37. The maximum Gasteiger partial charge on any atom is 0.225 e. The van der Waals surface area contributed by atoms with E-state index in [-0.39, 0.29) is 35.3 Å². The summed E-state index contributed by atoms with van der Waals surface area (Å²) in [6.07, 6.45) is 4.88. The molecule has 3 aliphatic carbocycles. The summed E-state index contributed by atoms with van der Waals surface area (Å²) in [5.41, 5.74) is 1.56. The quantitative estimate of drug-likeness (QED) is 0.577. The van der Waals surface area contributed by atoms with Crippen LogP contribution >= 0.6 is 0 Å². The Labute approximate surface area is 125 Å². The lowest BCUT2D eigenvalue weighted by molar-refractivity contribution is -0.120. The Kier molecular flexibility index (Phi) is 3.01. The van der Waals surface area contributed by atoms with Crippen molar-refractivity contribution in [3.8, 4) is 0 Å². The van der Waals surface area contributed by atoms with E-state index in [0.717, 1.165) is 12.0 Å². The molecule has 2 unspecified atom stereocenters. The van der Waals surface area contributed by atoms with Crippen LogP contribution < -0.4 is 0 Å². The van der Waals surface area contributed by atoms with Crippen LogP contribution in [0.1, 0.15) is 41.0 Å². The first-order chi connectivity index (χ1) is 9.71. The van der Waals surface area contributed by atoms with Gasteiger partial charge in [0.05, 0.1) is 11.7 Å². The highest BCUT2D eigenvalue weighted by Gasteiger charge is 2.49. The molecular weight excluding hydrogens is 264 g/mol. The van der Waals surface area contributed by atoms with Crippen molar-refractivity contribution in [3.05, 3.63) is 34.6 Å². The minimum Gasteiger partial charge on any atom is -0.486 e. The van der Waals surface area contributed by atoms with E-state index in [1.54, 1.807) is 0 Å². The first kappa shape index (κ1) is 14.3. The van der Waals surface area contributed by atoms with Crippen LogP contribution in [-0.4, -0.2) is 17.7 Å². The Hall–Kier alpha value is -1.64. The molecule has 0 spiro atoms. The highest BCUT2D eigenvalue weighted by atomic mass is 16.5. The van der Waals surface area contributed by atoms with Gasteiger partial charge in [-0.15, -0.1) is 0 Å². The van der Waals surface area contributed by atoms with Crippen LogP contribution in [0.15, 0.2) is 34.6 Å². The van der Waals surface area contributed by atoms with E-state index in [9.17, 15) is 9.59 Å². The second kappa shape index (κ2) is 4.43. The van der Waals surface area contributed by atoms with Crippen molar-refractivity contribution in [3.63, 3.8) is 0 Å². The van der Waals surface area contributed by atoms with Crippen molar-refractivity contribution in [2.75, 3.05) is 0 Å². The maximum absolute atomic E-state index is 13.0. The highest BCUT2D eigenvalue weighted by molar-refractivity contribution is 6.26. The van der Waals surface area contributed by atoms with Crippen molar-refractivity contribution in [1.29, 1.82) is 0 Å². The normalized spacial score (nSPS) is 28.1. The van der Waals surface area contributed by atoms with Gasteiger partial charge >= 0.3 is 0 Å². The Bertz CT molecular complexity index is 623. The molecule has 0 heterocycles. The van der Waals surface area contributed by atoms with Gasteiger partial charge in [-0.05, 0) is 25.7 Å². The summed E-state index contributed by atoms with van der Waals surface area (Å²) in [7, 11) is 0. The van der Waals surface area contributed by atoms with Crippen LogP contribution in [-0.2, 0) is 14.3 Å². The Morgan fingerprint density at radius 3 is 2.05 bits per heavy atom.